The summed E-state index contributed by atoms with van der Waals surface area (Å²) in [7, 11) is 0. The maximum absolute atomic E-state index is 12.8. The quantitative estimate of drug-likeness (QED) is 0.767. The van der Waals surface area contributed by atoms with Gasteiger partial charge in [-0.3, -0.25) is 0 Å². The third-order valence-electron chi connectivity index (χ3n) is 3.66. The molecule has 2 N–H and O–H groups in total. The van der Waals surface area contributed by atoms with Gasteiger partial charge in [0.15, 0.2) is 0 Å². The molecule has 1 saturated carbocycles. The van der Waals surface area contributed by atoms with Gasteiger partial charge >= 0.3 is 0 Å². The van der Waals surface area contributed by atoms with E-state index in [1.165, 1.54) is 17.7 Å². The standard InChI is InChI=1S/C12H16FN/c1-11(2)7-12(11,8-14)9-3-5-10(13)6-4-9/h3-6H,7-8,14H2,1-2H3. The lowest BCUT2D eigenvalue weighted by Gasteiger charge is -2.18. The monoisotopic (exact) mass is 193 g/mol. The zero-order valence-electron chi connectivity index (χ0n) is 8.68. The van der Waals surface area contributed by atoms with Gasteiger partial charge in [0.2, 0.25) is 0 Å². The molecule has 1 aliphatic carbocycles. The fourth-order valence-electron chi connectivity index (χ4n) is 2.44. The van der Waals surface area contributed by atoms with Crippen LogP contribution in [0.25, 0.3) is 0 Å². The summed E-state index contributed by atoms with van der Waals surface area (Å²) in [5.41, 5.74) is 7.34. The third-order valence-corrected chi connectivity index (χ3v) is 3.66. The van der Waals surface area contributed by atoms with Crippen molar-refractivity contribution < 1.29 is 4.39 Å². The fraction of sp³-hybridized carbons (Fsp3) is 0.500. The van der Waals surface area contributed by atoms with Crippen LogP contribution in [0.1, 0.15) is 25.8 Å². The summed E-state index contributed by atoms with van der Waals surface area (Å²) in [6.45, 7) is 5.07. The van der Waals surface area contributed by atoms with E-state index in [9.17, 15) is 4.39 Å². The summed E-state index contributed by atoms with van der Waals surface area (Å²) in [6, 6.07) is 6.75. The van der Waals surface area contributed by atoms with Crippen molar-refractivity contribution in [3.05, 3.63) is 35.6 Å². The summed E-state index contributed by atoms with van der Waals surface area (Å²) in [5.74, 6) is -0.181. The molecule has 0 saturated heterocycles. The van der Waals surface area contributed by atoms with E-state index in [4.69, 9.17) is 5.73 Å². The van der Waals surface area contributed by atoms with Crippen LogP contribution in [0.4, 0.5) is 4.39 Å². The second-order valence-electron chi connectivity index (χ2n) is 4.85. The van der Waals surface area contributed by atoms with Crippen molar-refractivity contribution in [3.8, 4) is 0 Å². The SMILES string of the molecule is CC1(C)CC1(CN)c1ccc(F)cc1. The van der Waals surface area contributed by atoms with Gasteiger partial charge in [-0.15, -0.1) is 0 Å². The highest BCUT2D eigenvalue weighted by atomic mass is 19.1. The van der Waals surface area contributed by atoms with Crippen molar-refractivity contribution >= 4 is 0 Å². The molecule has 1 aromatic rings. The van der Waals surface area contributed by atoms with Crippen LogP contribution in [-0.2, 0) is 5.41 Å². The highest BCUT2D eigenvalue weighted by Crippen LogP contribution is 2.63. The Morgan fingerprint density at radius 1 is 1.29 bits per heavy atom. The predicted molar refractivity (Wildman–Crippen MR) is 55.5 cm³/mol. The number of nitrogens with two attached hydrogens (primary N) is 1. The Balaban J connectivity index is 2.36. The molecule has 0 bridgehead atoms. The van der Waals surface area contributed by atoms with E-state index in [0.717, 1.165) is 6.42 Å². The van der Waals surface area contributed by atoms with E-state index in [2.05, 4.69) is 13.8 Å². The lowest BCUT2D eigenvalue weighted by Crippen LogP contribution is -2.25. The minimum Gasteiger partial charge on any atom is -0.330 e. The molecule has 2 rings (SSSR count). The van der Waals surface area contributed by atoms with E-state index >= 15 is 0 Å². The van der Waals surface area contributed by atoms with Crippen LogP contribution >= 0.6 is 0 Å². The number of hydrogen-bond donors (Lipinski definition) is 1. The number of halogens is 1. The number of hydrogen-bond acceptors (Lipinski definition) is 1. The van der Waals surface area contributed by atoms with E-state index in [-0.39, 0.29) is 16.6 Å². The van der Waals surface area contributed by atoms with Gasteiger partial charge in [0, 0.05) is 12.0 Å². The molecule has 14 heavy (non-hydrogen) atoms. The molecule has 0 aliphatic heterocycles. The van der Waals surface area contributed by atoms with Crippen molar-refractivity contribution in [1.29, 1.82) is 0 Å². The third kappa shape index (κ3) is 1.17. The summed E-state index contributed by atoms with van der Waals surface area (Å²) in [6.07, 6.45) is 1.10. The molecule has 2 heteroatoms. The normalized spacial score (nSPS) is 28.9. The molecule has 0 aromatic heterocycles. The lowest BCUT2D eigenvalue weighted by molar-refractivity contribution is 0.502. The molecule has 1 nitrogen and oxygen atoms in total. The Morgan fingerprint density at radius 3 is 2.14 bits per heavy atom. The highest BCUT2D eigenvalue weighted by Gasteiger charge is 2.60. The van der Waals surface area contributed by atoms with Gasteiger partial charge in [-0.25, -0.2) is 4.39 Å². The zero-order chi connectivity index (χ0) is 10.4. The Labute approximate surface area is 84.1 Å². The molecule has 0 spiro atoms. The molecule has 1 aromatic carbocycles. The van der Waals surface area contributed by atoms with Gasteiger partial charge in [0.25, 0.3) is 0 Å². The maximum Gasteiger partial charge on any atom is 0.123 e. The number of benzene rings is 1. The predicted octanol–water partition coefficient (Wildman–Crippen LogP) is 2.45. The van der Waals surface area contributed by atoms with E-state index in [0.29, 0.717) is 6.54 Å². The second kappa shape index (κ2) is 2.80. The summed E-state index contributed by atoms with van der Waals surface area (Å²) in [4.78, 5) is 0. The minimum atomic E-state index is -0.181. The Morgan fingerprint density at radius 2 is 1.79 bits per heavy atom. The molecule has 0 radical (unpaired) electrons. The van der Waals surface area contributed by atoms with Crippen LogP contribution in [0, 0.1) is 11.2 Å². The molecule has 1 unspecified atom stereocenters. The molecule has 1 atom stereocenters. The van der Waals surface area contributed by atoms with Crippen LogP contribution in [0.3, 0.4) is 0 Å². The van der Waals surface area contributed by atoms with E-state index in [1.807, 2.05) is 12.1 Å². The van der Waals surface area contributed by atoms with Gasteiger partial charge in [0.1, 0.15) is 5.82 Å². The molecular weight excluding hydrogens is 177 g/mol. The first-order valence-corrected chi connectivity index (χ1v) is 4.98. The molecule has 0 heterocycles. The van der Waals surface area contributed by atoms with Crippen molar-refractivity contribution in [3.63, 3.8) is 0 Å². The van der Waals surface area contributed by atoms with Gasteiger partial charge in [-0.05, 0) is 29.5 Å². The Bertz CT molecular complexity index is 342. The number of rotatable bonds is 2. The van der Waals surface area contributed by atoms with Gasteiger partial charge in [0.05, 0.1) is 0 Å². The van der Waals surface area contributed by atoms with Gasteiger partial charge in [-0.1, -0.05) is 26.0 Å². The summed E-state index contributed by atoms with van der Waals surface area (Å²) < 4.78 is 12.8. The van der Waals surface area contributed by atoms with Crippen LogP contribution in [0.15, 0.2) is 24.3 Å². The van der Waals surface area contributed by atoms with Crippen molar-refractivity contribution in [2.75, 3.05) is 6.54 Å². The van der Waals surface area contributed by atoms with Crippen molar-refractivity contribution in [1.82, 2.24) is 0 Å². The van der Waals surface area contributed by atoms with Crippen molar-refractivity contribution in [2.45, 2.75) is 25.7 Å². The minimum absolute atomic E-state index is 0.0840. The van der Waals surface area contributed by atoms with Gasteiger partial charge in [-0.2, -0.15) is 0 Å². The summed E-state index contributed by atoms with van der Waals surface area (Å²) in [5, 5.41) is 0. The molecule has 76 valence electrons. The largest absolute Gasteiger partial charge is 0.330 e. The summed E-state index contributed by atoms with van der Waals surface area (Å²) >= 11 is 0. The fourth-order valence-corrected chi connectivity index (χ4v) is 2.44. The van der Waals surface area contributed by atoms with Crippen LogP contribution in [-0.4, -0.2) is 6.54 Å². The van der Waals surface area contributed by atoms with Crippen LogP contribution in [0.2, 0.25) is 0 Å². The zero-order valence-corrected chi connectivity index (χ0v) is 8.68. The first-order valence-electron chi connectivity index (χ1n) is 4.98. The molecule has 0 amide bonds. The molecule has 1 aliphatic rings. The lowest BCUT2D eigenvalue weighted by atomic mass is 9.88. The average molecular weight is 193 g/mol. The first kappa shape index (κ1) is 9.66. The van der Waals surface area contributed by atoms with Crippen LogP contribution in [0.5, 0.6) is 0 Å². The maximum atomic E-state index is 12.8. The van der Waals surface area contributed by atoms with Gasteiger partial charge < -0.3 is 5.73 Å². The highest BCUT2D eigenvalue weighted by molar-refractivity contribution is 5.37. The Hall–Kier alpha value is -0.890. The Kier molecular flexibility index (Phi) is 1.93. The topological polar surface area (TPSA) is 26.0 Å². The molecular formula is C12H16FN. The van der Waals surface area contributed by atoms with E-state index < -0.39 is 0 Å². The first-order chi connectivity index (χ1) is 6.52. The van der Waals surface area contributed by atoms with E-state index in [1.54, 1.807) is 0 Å². The smallest absolute Gasteiger partial charge is 0.123 e. The van der Waals surface area contributed by atoms with Crippen LogP contribution < -0.4 is 5.73 Å². The molecule has 1 fully saturated rings. The van der Waals surface area contributed by atoms with Crippen molar-refractivity contribution in [2.24, 2.45) is 11.1 Å². The average Bonchev–Trinajstić information content (AvgIpc) is 2.71. The second-order valence-corrected chi connectivity index (χ2v) is 4.85.